The van der Waals surface area contributed by atoms with E-state index in [1.165, 1.54) is 24.4 Å². The van der Waals surface area contributed by atoms with Crippen LogP contribution in [0.3, 0.4) is 0 Å². The van der Waals surface area contributed by atoms with Crippen LogP contribution in [0.4, 0.5) is 5.69 Å². The van der Waals surface area contributed by atoms with Gasteiger partial charge in [0.25, 0.3) is 0 Å². The van der Waals surface area contributed by atoms with E-state index in [1.54, 1.807) is 24.3 Å². The minimum atomic E-state index is -0.281. The maximum absolute atomic E-state index is 12.0. The lowest BCUT2D eigenvalue weighted by Crippen LogP contribution is -2.14. The monoisotopic (exact) mass is 329 g/mol. The topological polar surface area (TPSA) is 55.4 Å². The number of aryl methyl sites for hydroxylation is 1. The van der Waals surface area contributed by atoms with Crippen LogP contribution in [0.25, 0.3) is 0 Å². The van der Waals surface area contributed by atoms with Crippen molar-refractivity contribution in [1.82, 2.24) is 0 Å². The number of benzene rings is 2. The number of anilines is 1. The lowest BCUT2D eigenvalue weighted by Gasteiger charge is -2.06. The second kappa shape index (κ2) is 8.39. The molecule has 2 aromatic carbocycles. The van der Waals surface area contributed by atoms with Gasteiger partial charge in [-0.25, -0.2) is 0 Å². The van der Waals surface area contributed by atoms with Crippen molar-refractivity contribution in [3.8, 4) is 0 Å². The molecule has 5 heteroatoms. The SMILES string of the molecule is COC(=O)Cc1ccc(NC(=O)CSc2ccc(C)cc2)cc1. The first-order valence-electron chi connectivity index (χ1n) is 7.22. The predicted octanol–water partition coefficient (Wildman–Crippen LogP) is 3.44. The van der Waals surface area contributed by atoms with E-state index >= 15 is 0 Å². The molecule has 4 nitrogen and oxygen atoms in total. The molecule has 0 unspecified atom stereocenters. The molecule has 0 fully saturated rings. The third-order valence-corrected chi connectivity index (χ3v) is 4.22. The second-order valence-corrected chi connectivity index (χ2v) is 6.15. The summed E-state index contributed by atoms with van der Waals surface area (Å²) >= 11 is 1.50. The molecular weight excluding hydrogens is 310 g/mol. The van der Waals surface area contributed by atoms with E-state index in [2.05, 4.69) is 10.1 Å². The molecule has 0 aliphatic heterocycles. The van der Waals surface area contributed by atoms with Crippen molar-refractivity contribution in [1.29, 1.82) is 0 Å². The van der Waals surface area contributed by atoms with Crippen LogP contribution in [-0.4, -0.2) is 24.7 Å². The number of hydrogen-bond donors (Lipinski definition) is 1. The predicted molar refractivity (Wildman–Crippen MR) is 92.7 cm³/mol. The number of rotatable bonds is 6. The van der Waals surface area contributed by atoms with Crippen LogP contribution in [0.5, 0.6) is 0 Å². The lowest BCUT2D eigenvalue weighted by molar-refractivity contribution is -0.139. The average Bonchev–Trinajstić information content (AvgIpc) is 2.56. The maximum atomic E-state index is 12.0. The van der Waals surface area contributed by atoms with Gasteiger partial charge in [0.05, 0.1) is 19.3 Å². The fourth-order valence-electron chi connectivity index (χ4n) is 1.93. The van der Waals surface area contributed by atoms with E-state index < -0.39 is 0 Å². The van der Waals surface area contributed by atoms with Gasteiger partial charge < -0.3 is 10.1 Å². The first-order valence-corrected chi connectivity index (χ1v) is 8.20. The molecular formula is C18H19NO3S. The third-order valence-electron chi connectivity index (χ3n) is 3.20. The van der Waals surface area contributed by atoms with Crippen molar-refractivity contribution < 1.29 is 14.3 Å². The van der Waals surface area contributed by atoms with Crippen molar-refractivity contribution in [2.45, 2.75) is 18.2 Å². The van der Waals surface area contributed by atoms with Crippen molar-refractivity contribution in [2.24, 2.45) is 0 Å². The first kappa shape index (κ1) is 17.1. The van der Waals surface area contributed by atoms with E-state index in [0.29, 0.717) is 11.4 Å². The molecule has 1 N–H and O–H groups in total. The standard InChI is InChI=1S/C18H19NO3S/c1-13-3-9-16(10-4-13)23-12-17(20)19-15-7-5-14(6-8-15)11-18(21)22-2/h3-10H,11-12H2,1-2H3,(H,19,20). The molecule has 0 radical (unpaired) electrons. The Morgan fingerprint density at radius 1 is 1.04 bits per heavy atom. The average molecular weight is 329 g/mol. The number of hydrogen-bond acceptors (Lipinski definition) is 4. The van der Waals surface area contributed by atoms with Gasteiger partial charge in [0, 0.05) is 10.6 Å². The molecule has 0 spiro atoms. The third kappa shape index (κ3) is 5.79. The number of thioether (sulfide) groups is 1. The molecule has 23 heavy (non-hydrogen) atoms. The maximum Gasteiger partial charge on any atom is 0.309 e. The van der Waals surface area contributed by atoms with Gasteiger partial charge in [-0.1, -0.05) is 29.8 Å². The van der Waals surface area contributed by atoms with Crippen LogP contribution in [0.2, 0.25) is 0 Å². The van der Waals surface area contributed by atoms with Crippen LogP contribution in [0, 0.1) is 6.92 Å². The summed E-state index contributed by atoms with van der Waals surface area (Å²) in [6.45, 7) is 2.03. The van der Waals surface area contributed by atoms with Crippen LogP contribution >= 0.6 is 11.8 Å². The van der Waals surface area contributed by atoms with Crippen molar-refractivity contribution in [3.63, 3.8) is 0 Å². The number of ether oxygens (including phenoxy) is 1. The van der Waals surface area contributed by atoms with E-state index in [9.17, 15) is 9.59 Å². The summed E-state index contributed by atoms with van der Waals surface area (Å²) in [6, 6.07) is 15.3. The zero-order valence-electron chi connectivity index (χ0n) is 13.2. The Morgan fingerprint density at radius 2 is 1.70 bits per heavy atom. The van der Waals surface area contributed by atoms with Gasteiger partial charge in [-0.3, -0.25) is 9.59 Å². The molecule has 0 aliphatic carbocycles. The molecule has 2 aromatic rings. The van der Waals surface area contributed by atoms with Crippen molar-refractivity contribution in [2.75, 3.05) is 18.2 Å². The number of esters is 1. The van der Waals surface area contributed by atoms with Crippen LogP contribution in [0.15, 0.2) is 53.4 Å². The van der Waals surface area contributed by atoms with Gasteiger partial charge in [-0.05, 0) is 36.8 Å². The number of amides is 1. The second-order valence-electron chi connectivity index (χ2n) is 5.10. The fourth-order valence-corrected chi connectivity index (χ4v) is 2.62. The quantitative estimate of drug-likeness (QED) is 0.651. The first-order chi connectivity index (χ1) is 11.1. The van der Waals surface area contributed by atoms with Gasteiger partial charge in [0.1, 0.15) is 0 Å². The highest BCUT2D eigenvalue weighted by atomic mass is 32.2. The Morgan fingerprint density at radius 3 is 2.30 bits per heavy atom. The van der Waals surface area contributed by atoms with E-state index in [4.69, 9.17) is 0 Å². The fraction of sp³-hybridized carbons (Fsp3) is 0.222. The molecule has 0 saturated carbocycles. The molecule has 0 aromatic heterocycles. The van der Waals surface area contributed by atoms with Crippen molar-refractivity contribution >= 4 is 29.3 Å². The van der Waals surface area contributed by atoms with Crippen LogP contribution in [0.1, 0.15) is 11.1 Å². The number of methoxy groups -OCH3 is 1. The summed E-state index contributed by atoms with van der Waals surface area (Å²) in [5, 5.41) is 2.84. The van der Waals surface area contributed by atoms with Crippen LogP contribution < -0.4 is 5.32 Å². The molecule has 0 atom stereocenters. The summed E-state index contributed by atoms with van der Waals surface area (Å²) in [4.78, 5) is 24.2. The lowest BCUT2D eigenvalue weighted by atomic mass is 10.1. The van der Waals surface area contributed by atoms with Crippen LogP contribution in [-0.2, 0) is 20.7 Å². The van der Waals surface area contributed by atoms with E-state index in [0.717, 1.165) is 10.5 Å². The summed E-state index contributed by atoms with van der Waals surface area (Å²) < 4.78 is 4.62. The highest BCUT2D eigenvalue weighted by Crippen LogP contribution is 2.19. The molecule has 0 saturated heterocycles. The Bertz CT molecular complexity index is 666. The summed E-state index contributed by atoms with van der Waals surface area (Å²) in [5.41, 5.74) is 2.77. The van der Waals surface area contributed by atoms with E-state index in [-0.39, 0.29) is 18.3 Å². The van der Waals surface area contributed by atoms with Gasteiger partial charge in [-0.2, -0.15) is 0 Å². The normalized spacial score (nSPS) is 10.2. The Balaban J connectivity index is 1.82. The zero-order valence-corrected chi connectivity index (χ0v) is 14.0. The molecule has 0 bridgehead atoms. The van der Waals surface area contributed by atoms with E-state index in [1.807, 2.05) is 31.2 Å². The Hall–Kier alpha value is -2.27. The Kier molecular flexibility index (Phi) is 6.23. The number of carbonyl (C=O) groups excluding carboxylic acids is 2. The number of nitrogens with one attached hydrogen (secondary N) is 1. The molecule has 0 heterocycles. The van der Waals surface area contributed by atoms with Gasteiger partial charge in [0.15, 0.2) is 0 Å². The largest absolute Gasteiger partial charge is 0.469 e. The zero-order chi connectivity index (χ0) is 16.7. The molecule has 120 valence electrons. The minimum Gasteiger partial charge on any atom is -0.469 e. The summed E-state index contributed by atoms with van der Waals surface area (Å²) in [7, 11) is 1.36. The molecule has 2 rings (SSSR count). The number of carbonyl (C=O) groups is 2. The summed E-state index contributed by atoms with van der Waals surface area (Å²) in [6.07, 6.45) is 0.230. The van der Waals surface area contributed by atoms with Gasteiger partial charge >= 0.3 is 5.97 Å². The highest BCUT2D eigenvalue weighted by Gasteiger charge is 2.06. The minimum absolute atomic E-state index is 0.0590. The van der Waals surface area contributed by atoms with Gasteiger partial charge in [0.2, 0.25) is 5.91 Å². The van der Waals surface area contributed by atoms with Gasteiger partial charge in [-0.15, -0.1) is 11.8 Å². The Labute approximate surface area is 140 Å². The summed E-state index contributed by atoms with van der Waals surface area (Å²) in [5.74, 6) is 0.0139. The highest BCUT2D eigenvalue weighted by molar-refractivity contribution is 8.00. The smallest absolute Gasteiger partial charge is 0.309 e. The molecule has 1 amide bonds. The molecule has 0 aliphatic rings. The van der Waals surface area contributed by atoms with Crippen molar-refractivity contribution in [3.05, 3.63) is 59.7 Å².